The van der Waals surface area contributed by atoms with Gasteiger partial charge in [-0.3, -0.25) is 4.79 Å². The maximum atomic E-state index is 11.6. The molecule has 1 aliphatic heterocycles. The molecule has 0 bridgehead atoms. The van der Waals surface area contributed by atoms with Crippen LogP contribution in [0.4, 0.5) is 0 Å². The molecule has 1 saturated heterocycles. The van der Waals surface area contributed by atoms with Gasteiger partial charge in [0.2, 0.25) is 5.91 Å². The van der Waals surface area contributed by atoms with Crippen LogP contribution in [0.2, 0.25) is 0 Å². The van der Waals surface area contributed by atoms with E-state index in [2.05, 4.69) is 4.90 Å². The van der Waals surface area contributed by atoms with E-state index in [-0.39, 0.29) is 5.91 Å². The summed E-state index contributed by atoms with van der Waals surface area (Å²) in [7, 11) is 1.88. The first-order valence-electron chi connectivity index (χ1n) is 5.90. The molecule has 0 aromatic heterocycles. The number of nitrogens with zero attached hydrogens (tertiary/aromatic N) is 2. The van der Waals surface area contributed by atoms with Gasteiger partial charge in [0, 0.05) is 26.6 Å². The Morgan fingerprint density at radius 2 is 2.07 bits per heavy atom. The van der Waals surface area contributed by atoms with Crippen LogP contribution in [-0.2, 0) is 4.79 Å². The van der Waals surface area contributed by atoms with E-state index >= 15 is 0 Å². The summed E-state index contributed by atoms with van der Waals surface area (Å²) >= 11 is 0. The molecule has 4 heteroatoms. The Morgan fingerprint density at radius 1 is 1.40 bits per heavy atom. The molecule has 15 heavy (non-hydrogen) atoms. The minimum Gasteiger partial charge on any atom is -0.344 e. The van der Waals surface area contributed by atoms with Crippen molar-refractivity contribution in [2.75, 3.05) is 39.8 Å². The molecule has 4 nitrogen and oxygen atoms in total. The predicted molar refractivity (Wildman–Crippen MR) is 61.6 cm³/mol. The Balaban J connectivity index is 2.10. The Kier molecular flexibility index (Phi) is 5.65. The van der Waals surface area contributed by atoms with Gasteiger partial charge in [0.15, 0.2) is 0 Å². The molecule has 0 aromatic carbocycles. The van der Waals surface area contributed by atoms with E-state index in [1.807, 2.05) is 11.9 Å². The van der Waals surface area contributed by atoms with Crippen LogP contribution in [0.3, 0.4) is 0 Å². The molecule has 1 heterocycles. The van der Waals surface area contributed by atoms with Crippen molar-refractivity contribution in [3.63, 3.8) is 0 Å². The Morgan fingerprint density at radius 3 is 2.67 bits per heavy atom. The van der Waals surface area contributed by atoms with Crippen LogP contribution in [-0.4, -0.2) is 55.5 Å². The van der Waals surface area contributed by atoms with Crippen LogP contribution < -0.4 is 5.73 Å². The number of carbonyl (C=O) groups is 1. The third-order valence-corrected chi connectivity index (χ3v) is 2.97. The van der Waals surface area contributed by atoms with Crippen molar-refractivity contribution in [1.82, 2.24) is 9.80 Å². The van der Waals surface area contributed by atoms with Crippen LogP contribution >= 0.6 is 0 Å². The summed E-state index contributed by atoms with van der Waals surface area (Å²) in [5, 5.41) is 0. The number of hydrogen-bond donors (Lipinski definition) is 1. The molecule has 0 radical (unpaired) electrons. The molecule has 1 fully saturated rings. The molecule has 2 N–H and O–H groups in total. The fraction of sp³-hybridized carbons (Fsp3) is 0.909. The van der Waals surface area contributed by atoms with E-state index in [9.17, 15) is 4.79 Å². The average molecular weight is 213 g/mol. The maximum Gasteiger partial charge on any atom is 0.222 e. The van der Waals surface area contributed by atoms with Crippen LogP contribution in [0.1, 0.15) is 25.7 Å². The minimum atomic E-state index is 0.222. The zero-order valence-corrected chi connectivity index (χ0v) is 9.74. The van der Waals surface area contributed by atoms with Crippen molar-refractivity contribution in [2.45, 2.75) is 25.7 Å². The highest BCUT2D eigenvalue weighted by Crippen LogP contribution is 2.06. The number of hydrogen-bond acceptors (Lipinski definition) is 3. The van der Waals surface area contributed by atoms with Gasteiger partial charge in [-0.15, -0.1) is 0 Å². The van der Waals surface area contributed by atoms with Crippen molar-refractivity contribution in [3.05, 3.63) is 0 Å². The monoisotopic (exact) mass is 213 g/mol. The third-order valence-electron chi connectivity index (χ3n) is 2.97. The fourth-order valence-corrected chi connectivity index (χ4v) is 1.87. The molecule has 0 aliphatic carbocycles. The first-order valence-corrected chi connectivity index (χ1v) is 5.90. The highest BCUT2D eigenvalue weighted by atomic mass is 16.2. The van der Waals surface area contributed by atoms with E-state index in [0.29, 0.717) is 13.0 Å². The van der Waals surface area contributed by atoms with Crippen molar-refractivity contribution >= 4 is 5.91 Å². The SMILES string of the molecule is CN(CCN1CCCC1)C(=O)CCCN. The van der Waals surface area contributed by atoms with Gasteiger partial charge in [0.05, 0.1) is 0 Å². The molecule has 0 aromatic rings. The number of amides is 1. The Bertz CT molecular complexity index is 190. The smallest absolute Gasteiger partial charge is 0.222 e. The number of carbonyl (C=O) groups excluding carboxylic acids is 1. The summed E-state index contributed by atoms with van der Waals surface area (Å²) in [5.41, 5.74) is 5.37. The molecule has 1 aliphatic rings. The van der Waals surface area contributed by atoms with E-state index in [1.54, 1.807) is 0 Å². The quantitative estimate of drug-likeness (QED) is 0.689. The van der Waals surface area contributed by atoms with Crippen molar-refractivity contribution < 1.29 is 4.79 Å². The van der Waals surface area contributed by atoms with Gasteiger partial charge in [-0.25, -0.2) is 0 Å². The molecule has 1 rings (SSSR count). The van der Waals surface area contributed by atoms with Gasteiger partial charge in [-0.1, -0.05) is 0 Å². The number of nitrogens with two attached hydrogens (primary N) is 1. The lowest BCUT2D eigenvalue weighted by Gasteiger charge is -2.21. The summed E-state index contributed by atoms with van der Waals surface area (Å²) in [6.07, 6.45) is 4.01. The second kappa shape index (κ2) is 6.80. The van der Waals surface area contributed by atoms with Gasteiger partial charge >= 0.3 is 0 Å². The second-order valence-electron chi connectivity index (χ2n) is 4.26. The standard InChI is InChI=1S/C11H23N3O/c1-13(11(15)5-4-6-12)9-10-14-7-2-3-8-14/h2-10,12H2,1H3. The zero-order valence-electron chi connectivity index (χ0n) is 9.74. The lowest BCUT2D eigenvalue weighted by Crippen LogP contribution is -2.35. The van der Waals surface area contributed by atoms with Gasteiger partial charge in [0.1, 0.15) is 0 Å². The summed E-state index contributed by atoms with van der Waals surface area (Å²) in [6.45, 7) is 4.87. The van der Waals surface area contributed by atoms with Crippen LogP contribution in [0.25, 0.3) is 0 Å². The zero-order chi connectivity index (χ0) is 11.1. The van der Waals surface area contributed by atoms with Gasteiger partial charge in [0.25, 0.3) is 0 Å². The molecule has 0 unspecified atom stereocenters. The Hall–Kier alpha value is -0.610. The second-order valence-corrected chi connectivity index (χ2v) is 4.26. The normalized spacial score (nSPS) is 16.9. The summed E-state index contributed by atoms with van der Waals surface area (Å²) in [4.78, 5) is 15.8. The lowest BCUT2D eigenvalue weighted by atomic mass is 10.3. The number of likely N-dealkylation sites (tertiary alicyclic amines) is 1. The van der Waals surface area contributed by atoms with E-state index in [1.165, 1.54) is 25.9 Å². The average Bonchev–Trinajstić information content (AvgIpc) is 2.75. The van der Waals surface area contributed by atoms with E-state index in [4.69, 9.17) is 5.73 Å². The molecule has 0 saturated carbocycles. The highest BCUT2D eigenvalue weighted by Gasteiger charge is 2.13. The van der Waals surface area contributed by atoms with Crippen LogP contribution in [0, 0.1) is 0 Å². The van der Waals surface area contributed by atoms with E-state index in [0.717, 1.165) is 19.5 Å². The number of rotatable bonds is 6. The first kappa shape index (κ1) is 12.5. The summed E-state index contributed by atoms with van der Waals surface area (Å²) in [5.74, 6) is 0.222. The van der Waals surface area contributed by atoms with E-state index < -0.39 is 0 Å². The van der Waals surface area contributed by atoms with Crippen LogP contribution in [0.15, 0.2) is 0 Å². The van der Waals surface area contributed by atoms with Crippen molar-refractivity contribution in [3.8, 4) is 0 Å². The van der Waals surface area contributed by atoms with Gasteiger partial charge < -0.3 is 15.5 Å². The van der Waals surface area contributed by atoms with Gasteiger partial charge in [-0.2, -0.15) is 0 Å². The van der Waals surface area contributed by atoms with Crippen molar-refractivity contribution in [1.29, 1.82) is 0 Å². The van der Waals surface area contributed by atoms with Crippen molar-refractivity contribution in [2.24, 2.45) is 5.73 Å². The largest absolute Gasteiger partial charge is 0.344 e. The highest BCUT2D eigenvalue weighted by molar-refractivity contribution is 5.75. The molecular formula is C11H23N3O. The molecule has 0 atom stereocenters. The Labute approximate surface area is 92.4 Å². The number of likely N-dealkylation sites (N-methyl/N-ethyl adjacent to an activating group) is 1. The molecule has 1 amide bonds. The lowest BCUT2D eigenvalue weighted by molar-refractivity contribution is -0.130. The van der Waals surface area contributed by atoms with Gasteiger partial charge in [-0.05, 0) is 38.9 Å². The maximum absolute atomic E-state index is 11.6. The topological polar surface area (TPSA) is 49.6 Å². The fourth-order valence-electron chi connectivity index (χ4n) is 1.87. The van der Waals surface area contributed by atoms with Crippen LogP contribution in [0.5, 0.6) is 0 Å². The molecule has 88 valence electrons. The summed E-state index contributed by atoms with van der Waals surface area (Å²) < 4.78 is 0. The molecular weight excluding hydrogens is 190 g/mol. The first-order chi connectivity index (χ1) is 7.24. The summed E-state index contributed by atoms with van der Waals surface area (Å²) in [6, 6.07) is 0. The minimum absolute atomic E-state index is 0.222. The third kappa shape index (κ3) is 4.62. The predicted octanol–water partition coefficient (Wildman–Crippen LogP) is 0.280. The molecule has 0 spiro atoms.